The van der Waals surface area contributed by atoms with Crippen LogP contribution in [0.1, 0.15) is 112 Å². The van der Waals surface area contributed by atoms with Crippen molar-refractivity contribution in [3.63, 3.8) is 0 Å². The number of hydrogen-bond acceptors (Lipinski definition) is 1. The van der Waals surface area contributed by atoms with E-state index in [9.17, 15) is 4.79 Å². The standard InChI is InChI=1S/C30H48Cl2O/c1-18(2)8-7-9-19(3)22-12-13-23-21-11-10-20-16-25-26(33)30(31,32)29(25,6)17-28(20,5)24(21)14-15-27(22,23)4/h18-25H,7-17H2,1-6H3/t19-,20+,21+,22-,23+,24+,25-,27-,28+,29-/m1/s1. The maximum absolute atomic E-state index is 12.7. The fourth-order valence-corrected chi connectivity index (χ4v) is 11.5. The van der Waals surface area contributed by atoms with Crippen LogP contribution < -0.4 is 0 Å². The summed E-state index contributed by atoms with van der Waals surface area (Å²) >= 11 is 13.4. The van der Waals surface area contributed by atoms with Crippen molar-refractivity contribution in [2.45, 2.75) is 117 Å². The zero-order valence-corrected chi connectivity index (χ0v) is 23.6. The fourth-order valence-electron chi connectivity index (χ4n) is 10.8. The van der Waals surface area contributed by atoms with Crippen molar-refractivity contribution in [3.8, 4) is 0 Å². The van der Waals surface area contributed by atoms with Gasteiger partial charge in [0.25, 0.3) is 0 Å². The third kappa shape index (κ3) is 3.39. The van der Waals surface area contributed by atoms with Crippen molar-refractivity contribution in [2.75, 3.05) is 0 Å². The van der Waals surface area contributed by atoms with Gasteiger partial charge in [-0.2, -0.15) is 0 Å². The maximum Gasteiger partial charge on any atom is 0.182 e. The summed E-state index contributed by atoms with van der Waals surface area (Å²) in [6.07, 6.45) is 14.7. The number of carbonyl (C=O) groups is 1. The summed E-state index contributed by atoms with van der Waals surface area (Å²) in [5.74, 6) is 6.06. The van der Waals surface area contributed by atoms with Crippen molar-refractivity contribution in [3.05, 3.63) is 0 Å². The quantitative estimate of drug-likeness (QED) is 0.348. The second-order valence-corrected chi connectivity index (χ2v) is 15.8. The first-order chi connectivity index (χ1) is 15.4. The van der Waals surface area contributed by atoms with E-state index in [2.05, 4.69) is 41.5 Å². The molecule has 33 heavy (non-hydrogen) atoms. The van der Waals surface area contributed by atoms with E-state index in [0.717, 1.165) is 48.3 Å². The molecule has 0 unspecified atom stereocenters. The summed E-state index contributed by atoms with van der Waals surface area (Å²) in [7, 11) is 0. The van der Waals surface area contributed by atoms with E-state index in [4.69, 9.17) is 23.2 Å². The second-order valence-electron chi connectivity index (χ2n) is 14.5. The third-order valence-electron chi connectivity index (χ3n) is 12.6. The molecule has 5 rings (SSSR count). The Labute approximate surface area is 213 Å². The summed E-state index contributed by atoms with van der Waals surface area (Å²) < 4.78 is -1.16. The second kappa shape index (κ2) is 8.13. The SMILES string of the molecule is CC(C)CCC[C@@H](C)[C@H]1CC[C@H]2[C@@H]3CC[C@H]4C[C@@H]5C(=O)C(Cl)(Cl)[C@]5(C)C[C@]4(C)[C@H]3CC[C@]12C. The molecule has 0 spiro atoms. The average Bonchev–Trinajstić information content (AvgIpc) is 3.09. The summed E-state index contributed by atoms with van der Waals surface area (Å²) in [5.41, 5.74) is 0.605. The monoisotopic (exact) mass is 494 g/mol. The Bertz CT molecular complexity index is 790. The molecule has 0 bridgehead atoms. The third-order valence-corrected chi connectivity index (χ3v) is 13.9. The zero-order valence-electron chi connectivity index (χ0n) is 22.1. The molecule has 5 saturated carbocycles. The minimum atomic E-state index is -1.16. The maximum atomic E-state index is 12.7. The highest BCUT2D eigenvalue weighted by Crippen LogP contribution is 2.75. The topological polar surface area (TPSA) is 17.1 Å². The molecule has 188 valence electrons. The molecule has 0 N–H and O–H groups in total. The average molecular weight is 496 g/mol. The molecule has 5 fully saturated rings. The van der Waals surface area contributed by atoms with Gasteiger partial charge >= 0.3 is 0 Å². The van der Waals surface area contributed by atoms with Crippen LogP contribution in [0.2, 0.25) is 0 Å². The summed E-state index contributed by atoms with van der Waals surface area (Å²) in [6.45, 7) is 14.8. The molecule has 3 heteroatoms. The van der Waals surface area contributed by atoms with E-state index in [0.29, 0.717) is 16.7 Å². The Hall–Kier alpha value is 0.250. The minimum absolute atomic E-state index is 0.0959. The molecule has 10 atom stereocenters. The highest BCUT2D eigenvalue weighted by atomic mass is 35.5. The lowest BCUT2D eigenvalue weighted by Gasteiger charge is -2.68. The van der Waals surface area contributed by atoms with Crippen LogP contribution in [0.25, 0.3) is 0 Å². The van der Waals surface area contributed by atoms with Gasteiger partial charge < -0.3 is 0 Å². The molecule has 0 heterocycles. The normalized spacial score (nSPS) is 51.2. The largest absolute Gasteiger partial charge is 0.296 e. The Balaban J connectivity index is 1.34. The van der Waals surface area contributed by atoms with Crippen LogP contribution in [0.5, 0.6) is 0 Å². The Morgan fingerprint density at radius 2 is 1.61 bits per heavy atom. The molecule has 0 aliphatic heterocycles. The molecule has 5 aliphatic carbocycles. The van der Waals surface area contributed by atoms with Crippen LogP contribution in [-0.4, -0.2) is 10.1 Å². The smallest absolute Gasteiger partial charge is 0.182 e. The number of alkyl halides is 2. The van der Waals surface area contributed by atoms with Gasteiger partial charge in [0.05, 0.1) is 0 Å². The van der Waals surface area contributed by atoms with Crippen LogP contribution in [0, 0.1) is 63.6 Å². The van der Waals surface area contributed by atoms with Gasteiger partial charge in [0, 0.05) is 11.3 Å². The zero-order chi connectivity index (χ0) is 24.0. The molecular formula is C30H48Cl2O. The predicted molar refractivity (Wildman–Crippen MR) is 139 cm³/mol. The Kier molecular flexibility index (Phi) is 6.14. The van der Waals surface area contributed by atoms with Crippen LogP contribution in [-0.2, 0) is 4.79 Å². The number of halogens is 2. The molecule has 0 amide bonds. The number of carbonyl (C=O) groups excluding carboxylic acids is 1. The molecular weight excluding hydrogens is 447 g/mol. The summed E-state index contributed by atoms with van der Waals surface area (Å²) in [4.78, 5) is 12.7. The predicted octanol–water partition coefficient (Wildman–Crippen LogP) is 9.10. The molecule has 0 aromatic rings. The van der Waals surface area contributed by atoms with Gasteiger partial charge in [0.2, 0.25) is 0 Å². The lowest BCUT2D eigenvalue weighted by atomic mass is 9.37. The summed E-state index contributed by atoms with van der Waals surface area (Å²) in [5, 5.41) is 0. The molecule has 0 aromatic carbocycles. The number of rotatable bonds is 5. The summed E-state index contributed by atoms with van der Waals surface area (Å²) in [6, 6.07) is 0. The van der Waals surface area contributed by atoms with Crippen LogP contribution >= 0.6 is 23.2 Å². The van der Waals surface area contributed by atoms with Crippen LogP contribution in [0.4, 0.5) is 0 Å². The van der Waals surface area contributed by atoms with Crippen molar-refractivity contribution in [1.29, 1.82) is 0 Å². The molecule has 0 saturated heterocycles. The fraction of sp³-hybridized carbons (Fsp3) is 0.967. The molecule has 5 aliphatic rings. The van der Waals surface area contributed by atoms with Gasteiger partial charge in [0.1, 0.15) is 0 Å². The number of Topliss-reactive ketones (excluding diaryl/α,β-unsaturated/α-hetero) is 1. The first-order valence-electron chi connectivity index (χ1n) is 14.3. The van der Waals surface area contributed by atoms with Crippen molar-refractivity contribution < 1.29 is 4.79 Å². The Morgan fingerprint density at radius 1 is 0.909 bits per heavy atom. The van der Waals surface area contributed by atoms with Gasteiger partial charge in [-0.25, -0.2) is 0 Å². The van der Waals surface area contributed by atoms with Gasteiger partial charge in [-0.1, -0.05) is 84.0 Å². The van der Waals surface area contributed by atoms with Gasteiger partial charge in [-0.05, 0) is 104 Å². The molecule has 0 radical (unpaired) electrons. The number of hydrogen-bond donors (Lipinski definition) is 0. The highest BCUT2D eigenvalue weighted by Gasteiger charge is 2.74. The number of fused-ring (bicyclic) bond motifs is 6. The molecule has 0 aromatic heterocycles. The first-order valence-corrected chi connectivity index (χ1v) is 15.0. The van der Waals surface area contributed by atoms with Gasteiger partial charge in [-0.3, -0.25) is 4.79 Å². The van der Waals surface area contributed by atoms with E-state index in [1.54, 1.807) is 0 Å². The lowest BCUT2D eigenvalue weighted by molar-refractivity contribution is -0.185. The van der Waals surface area contributed by atoms with Crippen LogP contribution in [0.15, 0.2) is 0 Å². The first kappa shape index (κ1) is 24.9. The number of ketones is 1. The molecule has 1 nitrogen and oxygen atoms in total. The lowest BCUT2D eigenvalue weighted by Crippen LogP contribution is -2.70. The minimum Gasteiger partial charge on any atom is -0.296 e. The Morgan fingerprint density at radius 3 is 2.30 bits per heavy atom. The van der Waals surface area contributed by atoms with Crippen molar-refractivity contribution >= 4 is 29.0 Å². The van der Waals surface area contributed by atoms with Crippen molar-refractivity contribution in [2.24, 2.45) is 63.6 Å². The van der Waals surface area contributed by atoms with E-state index >= 15 is 0 Å². The van der Waals surface area contributed by atoms with E-state index < -0.39 is 4.33 Å². The highest BCUT2D eigenvalue weighted by molar-refractivity contribution is 6.61. The van der Waals surface area contributed by atoms with E-state index in [1.165, 1.54) is 57.8 Å². The van der Waals surface area contributed by atoms with Crippen molar-refractivity contribution in [1.82, 2.24) is 0 Å². The van der Waals surface area contributed by atoms with Gasteiger partial charge in [0.15, 0.2) is 10.1 Å². The van der Waals surface area contributed by atoms with E-state index in [1.807, 2.05) is 0 Å². The van der Waals surface area contributed by atoms with Crippen LogP contribution in [0.3, 0.4) is 0 Å². The van der Waals surface area contributed by atoms with Gasteiger partial charge in [-0.15, -0.1) is 0 Å². The van der Waals surface area contributed by atoms with E-state index in [-0.39, 0.29) is 17.1 Å².